The van der Waals surface area contributed by atoms with Crippen LogP contribution in [-0.4, -0.2) is 49.4 Å². The molecule has 21 heavy (non-hydrogen) atoms. The quantitative estimate of drug-likeness (QED) is 0.785. The van der Waals surface area contributed by atoms with Crippen LogP contribution in [0.5, 0.6) is 0 Å². The Morgan fingerprint density at radius 1 is 1.43 bits per heavy atom. The van der Waals surface area contributed by atoms with Crippen molar-refractivity contribution in [2.75, 3.05) is 24.9 Å². The highest BCUT2D eigenvalue weighted by Gasteiger charge is 2.51. The number of hydrogen-bond donors (Lipinski definition) is 0. The first-order valence-electron chi connectivity index (χ1n) is 10.7. The van der Waals surface area contributed by atoms with Crippen LogP contribution in [0, 0.1) is 0 Å². The molecule has 2 aliphatic rings. The molecule has 3 heterocycles. The zero-order chi connectivity index (χ0) is 22.3. The van der Waals surface area contributed by atoms with Crippen LogP contribution < -0.4 is 10.4 Å². The number of pyridine rings is 1. The van der Waals surface area contributed by atoms with Gasteiger partial charge >= 0.3 is 7.12 Å². The number of ether oxygens (including phenoxy) is 1. The van der Waals surface area contributed by atoms with Crippen LogP contribution in [0.15, 0.2) is 18.3 Å². The molecule has 3 rings (SSSR count). The molecule has 1 aromatic heterocycles. The van der Waals surface area contributed by atoms with Gasteiger partial charge in [0.1, 0.15) is 5.82 Å². The Balaban J connectivity index is 1.94. The SMILES string of the molecule is [2H]C([2H])([2H])OC1([2H])C([2H])([2H])N(c2cc(B3OC(C)(C)C(C)(C)O3)ccn2)C1([2H])[2H]. The predicted octanol–water partition coefficient (Wildman–Crippen LogP) is 1.22. The maximum Gasteiger partial charge on any atom is 0.495 e. The number of hydrogen-bond acceptors (Lipinski definition) is 5. The van der Waals surface area contributed by atoms with Crippen molar-refractivity contribution in [1.82, 2.24) is 4.98 Å². The molecule has 0 unspecified atom stereocenters. The summed E-state index contributed by atoms with van der Waals surface area (Å²) < 4.78 is 78.6. The Labute approximate surface area is 138 Å². The molecule has 114 valence electrons. The lowest BCUT2D eigenvalue weighted by molar-refractivity contribution is 0.00578. The van der Waals surface area contributed by atoms with Crippen molar-refractivity contribution in [3.05, 3.63) is 18.3 Å². The number of methoxy groups -OCH3 is 1. The van der Waals surface area contributed by atoms with Gasteiger partial charge in [-0.15, -0.1) is 0 Å². The average molecular weight is 298 g/mol. The molecule has 0 aliphatic carbocycles. The van der Waals surface area contributed by atoms with Gasteiger partial charge in [0.05, 0.1) is 28.2 Å². The average Bonchev–Trinajstić information content (AvgIpc) is 2.73. The summed E-state index contributed by atoms with van der Waals surface area (Å²) in [7, 11) is -3.92. The standard InChI is InChI=1S/C15H23BN2O3/c1-14(2)15(3,4)21-16(20-14)11-6-7-17-13(8-11)18-9-12(10-18)19-5/h6-8,12H,9-10H2,1-5H3/i5D3,9D2,10D2,12D. The van der Waals surface area contributed by atoms with Gasteiger partial charge in [0.2, 0.25) is 0 Å². The third-order valence-corrected chi connectivity index (χ3v) is 4.05. The van der Waals surface area contributed by atoms with E-state index in [4.69, 9.17) is 20.3 Å². The van der Waals surface area contributed by atoms with Crippen LogP contribution >= 0.6 is 0 Å². The van der Waals surface area contributed by atoms with Gasteiger partial charge in [0, 0.05) is 26.2 Å². The molecule has 1 aromatic rings. The summed E-state index contributed by atoms with van der Waals surface area (Å²) in [5.74, 6) is -0.135. The van der Waals surface area contributed by atoms with Crippen molar-refractivity contribution in [2.45, 2.75) is 45.0 Å². The summed E-state index contributed by atoms with van der Waals surface area (Å²) >= 11 is 0. The Hall–Kier alpha value is -1.11. The monoisotopic (exact) mass is 298 g/mol. The van der Waals surface area contributed by atoms with Crippen LogP contribution in [0.4, 0.5) is 5.82 Å². The molecule has 6 heteroatoms. The second-order valence-corrected chi connectivity index (χ2v) is 6.03. The molecular formula is C15H23BN2O3. The van der Waals surface area contributed by atoms with E-state index in [1.807, 2.05) is 27.7 Å². The molecule has 0 atom stereocenters. The summed E-state index contributed by atoms with van der Waals surface area (Å²) in [5, 5.41) is 0. The molecule has 0 aromatic carbocycles. The zero-order valence-corrected chi connectivity index (χ0v) is 12.4. The fourth-order valence-electron chi connectivity index (χ4n) is 2.05. The largest absolute Gasteiger partial charge is 0.495 e. The van der Waals surface area contributed by atoms with Crippen molar-refractivity contribution in [3.63, 3.8) is 0 Å². The Bertz CT molecular complexity index is 785. The smallest absolute Gasteiger partial charge is 0.399 e. The highest BCUT2D eigenvalue weighted by Crippen LogP contribution is 2.36. The van der Waals surface area contributed by atoms with E-state index in [0.29, 0.717) is 10.4 Å². The first-order chi connectivity index (χ1) is 12.9. The van der Waals surface area contributed by atoms with Gasteiger partial charge in [-0.2, -0.15) is 0 Å². The molecule has 0 amide bonds. The summed E-state index contributed by atoms with van der Waals surface area (Å²) in [4.78, 5) is 4.60. The molecule has 5 nitrogen and oxygen atoms in total. The van der Waals surface area contributed by atoms with Crippen LogP contribution in [0.25, 0.3) is 0 Å². The molecule has 2 fully saturated rings. The van der Waals surface area contributed by atoms with E-state index in [2.05, 4.69) is 9.72 Å². The van der Waals surface area contributed by atoms with Crippen LogP contribution in [0.3, 0.4) is 0 Å². The zero-order valence-electron chi connectivity index (χ0n) is 20.4. The fraction of sp³-hybridized carbons (Fsp3) is 0.667. The fourth-order valence-corrected chi connectivity index (χ4v) is 2.05. The summed E-state index contributed by atoms with van der Waals surface area (Å²) in [6, 6.07) is 3.00. The van der Waals surface area contributed by atoms with E-state index in [-0.39, 0.29) is 5.82 Å². The van der Waals surface area contributed by atoms with E-state index in [9.17, 15) is 0 Å². The Morgan fingerprint density at radius 3 is 2.71 bits per heavy atom. The van der Waals surface area contributed by atoms with E-state index < -0.39 is 44.4 Å². The summed E-state index contributed by atoms with van der Waals surface area (Å²) in [6.45, 7) is 1.91. The number of nitrogens with zero attached hydrogens (tertiary/aromatic N) is 2. The molecule has 0 saturated carbocycles. The highest BCUT2D eigenvalue weighted by molar-refractivity contribution is 6.62. The minimum absolute atomic E-state index is 0.135. The van der Waals surface area contributed by atoms with Crippen molar-refractivity contribution >= 4 is 18.4 Å². The van der Waals surface area contributed by atoms with E-state index in [0.717, 1.165) is 0 Å². The first-order valence-corrected chi connectivity index (χ1v) is 6.68. The first kappa shape index (κ1) is 7.95. The van der Waals surface area contributed by atoms with Gasteiger partial charge < -0.3 is 18.9 Å². The summed E-state index contributed by atoms with van der Waals surface area (Å²) in [5.41, 5.74) is -0.727. The van der Waals surface area contributed by atoms with Crippen LogP contribution in [0.2, 0.25) is 0 Å². The Kier molecular flexibility index (Phi) is 1.88. The molecular weight excluding hydrogens is 267 g/mol. The van der Waals surface area contributed by atoms with Crippen molar-refractivity contribution in [1.29, 1.82) is 0 Å². The second kappa shape index (κ2) is 4.97. The molecule has 0 bridgehead atoms. The molecule has 0 spiro atoms. The minimum atomic E-state index is -3.15. The number of anilines is 1. The lowest BCUT2D eigenvalue weighted by Gasteiger charge is -2.39. The van der Waals surface area contributed by atoms with Gasteiger partial charge in [-0.1, -0.05) is 0 Å². The van der Waals surface area contributed by atoms with Crippen molar-refractivity contribution in [2.24, 2.45) is 0 Å². The second-order valence-electron chi connectivity index (χ2n) is 6.03. The third kappa shape index (κ3) is 2.56. The Morgan fingerprint density at radius 2 is 2.10 bits per heavy atom. The van der Waals surface area contributed by atoms with Gasteiger partial charge in [0.15, 0.2) is 0 Å². The molecule has 2 aliphatic heterocycles. The van der Waals surface area contributed by atoms with E-state index in [1.165, 1.54) is 12.3 Å². The number of rotatable bonds is 3. The van der Waals surface area contributed by atoms with Crippen molar-refractivity contribution < 1.29 is 25.0 Å². The van der Waals surface area contributed by atoms with E-state index in [1.54, 1.807) is 6.07 Å². The van der Waals surface area contributed by atoms with Crippen LogP contribution in [-0.2, 0) is 14.0 Å². The van der Waals surface area contributed by atoms with Gasteiger partial charge in [-0.25, -0.2) is 4.98 Å². The normalized spacial score (nSPS) is 36.8. The van der Waals surface area contributed by atoms with Crippen molar-refractivity contribution in [3.8, 4) is 0 Å². The van der Waals surface area contributed by atoms with Gasteiger partial charge in [0.25, 0.3) is 0 Å². The van der Waals surface area contributed by atoms with E-state index >= 15 is 0 Å². The maximum absolute atomic E-state index is 8.15. The molecule has 2 saturated heterocycles. The van der Waals surface area contributed by atoms with Crippen LogP contribution in [0.1, 0.15) is 38.7 Å². The van der Waals surface area contributed by atoms with Gasteiger partial charge in [-0.3, -0.25) is 0 Å². The lowest BCUT2D eigenvalue weighted by Crippen LogP contribution is -2.52. The van der Waals surface area contributed by atoms with Gasteiger partial charge in [-0.05, 0) is 45.3 Å². The maximum atomic E-state index is 8.15. The number of aromatic nitrogens is 1. The third-order valence-electron chi connectivity index (χ3n) is 4.05. The molecule has 0 N–H and O–H groups in total. The molecule has 0 radical (unpaired) electrons. The lowest BCUT2D eigenvalue weighted by atomic mass is 9.79. The predicted molar refractivity (Wildman–Crippen MR) is 83.0 cm³/mol. The topological polar surface area (TPSA) is 43.8 Å². The summed E-state index contributed by atoms with van der Waals surface area (Å²) in [6.07, 6.45) is -1.64. The highest BCUT2D eigenvalue weighted by atomic mass is 16.7. The minimum Gasteiger partial charge on any atom is -0.399 e.